The molecule has 1 heterocycles. The molecule has 1 aliphatic rings. The zero-order valence-electron chi connectivity index (χ0n) is 8.98. The molecule has 3 heteroatoms. The first-order valence-corrected chi connectivity index (χ1v) is 5.64. The van der Waals surface area contributed by atoms with E-state index in [-0.39, 0.29) is 0 Å². The molecule has 0 saturated heterocycles. The second-order valence-corrected chi connectivity index (χ2v) is 4.08. The van der Waals surface area contributed by atoms with Crippen molar-refractivity contribution >= 4 is 0 Å². The molecule has 0 unspecified atom stereocenters. The minimum Gasteiger partial charge on any atom is -0.372 e. The standard InChI is InChI=1S/C12H18N2O/c13-7-10-5-6-11(14-8-10)9-15-12-3-1-2-4-12/h5-6,8,12H,1-4,7,9,13H2. The second kappa shape index (κ2) is 5.24. The predicted molar refractivity (Wildman–Crippen MR) is 59.2 cm³/mol. The maximum Gasteiger partial charge on any atom is 0.0891 e. The average molecular weight is 206 g/mol. The van der Waals surface area contributed by atoms with Crippen molar-refractivity contribution in [1.29, 1.82) is 0 Å². The summed E-state index contributed by atoms with van der Waals surface area (Å²) in [6.45, 7) is 1.19. The molecule has 0 bridgehead atoms. The lowest BCUT2D eigenvalue weighted by molar-refractivity contribution is 0.0438. The first-order chi connectivity index (χ1) is 7.38. The molecule has 0 amide bonds. The van der Waals surface area contributed by atoms with Crippen LogP contribution in [0.1, 0.15) is 36.9 Å². The van der Waals surface area contributed by atoms with E-state index in [4.69, 9.17) is 10.5 Å². The summed E-state index contributed by atoms with van der Waals surface area (Å²) in [5, 5.41) is 0. The molecule has 0 aromatic carbocycles. The number of aromatic nitrogens is 1. The number of rotatable bonds is 4. The maximum atomic E-state index is 5.77. The van der Waals surface area contributed by atoms with Crippen LogP contribution in [0.5, 0.6) is 0 Å². The molecular weight excluding hydrogens is 188 g/mol. The summed E-state index contributed by atoms with van der Waals surface area (Å²) in [4.78, 5) is 4.31. The largest absolute Gasteiger partial charge is 0.372 e. The van der Waals surface area contributed by atoms with Crippen LogP contribution in [0.15, 0.2) is 18.3 Å². The highest BCUT2D eigenvalue weighted by atomic mass is 16.5. The second-order valence-electron chi connectivity index (χ2n) is 4.08. The van der Waals surface area contributed by atoms with Gasteiger partial charge >= 0.3 is 0 Å². The molecule has 0 spiro atoms. The molecule has 2 rings (SSSR count). The Kier molecular flexibility index (Phi) is 3.69. The fourth-order valence-electron chi connectivity index (χ4n) is 1.92. The topological polar surface area (TPSA) is 48.1 Å². The third-order valence-corrected chi connectivity index (χ3v) is 2.89. The van der Waals surface area contributed by atoms with E-state index in [0.29, 0.717) is 19.3 Å². The number of nitrogens with two attached hydrogens (primary N) is 1. The van der Waals surface area contributed by atoms with Gasteiger partial charge in [-0.2, -0.15) is 0 Å². The summed E-state index contributed by atoms with van der Waals surface area (Å²) in [6, 6.07) is 4.01. The van der Waals surface area contributed by atoms with Crippen LogP contribution in [0, 0.1) is 0 Å². The Bertz CT molecular complexity index is 291. The summed E-state index contributed by atoms with van der Waals surface area (Å²) >= 11 is 0. The fraction of sp³-hybridized carbons (Fsp3) is 0.583. The van der Waals surface area contributed by atoms with Gasteiger partial charge in [0.05, 0.1) is 18.4 Å². The molecule has 82 valence electrons. The van der Waals surface area contributed by atoms with Crippen LogP contribution >= 0.6 is 0 Å². The van der Waals surface area contributed by atoms with Gasteiger partial charge < -0.3 is 10.5 Å². The van der Waals surface area contributed by atoms with Gasteiger partial charge in [-0.3, -0.25) is 4.98 Å². The van der Waals surface area contributed by atoms with Crippen molar-refractivity contribution in [3.05, 3.63) is 29.6 Å². The van der Waals surface area contributed by atoms with Gasteiger partial charge in [-0.25, -0.2) is 0 Å². The smallest absolute Gasteiger partial charge is 0.0891 e. The number of nitrogens with zero attached hydrogens (tertiary/aromatic N) is 1. The SMILES string of the molecule is NCc1ccc(COC2CCCC2)nc1. The molecule has 0 atom stereocenters. The molecule has 2 N–H and O–H groups in total. The molecule has 0 aliphatic heterocycles. The van der Waals surface area contributed by atoms with Crippen LogP contribution in [0.4, 0.5) is 0 Å². The Labute approximate surface area is 90.7 Å². The van der Waals surface area contributed by atoms with Gasteiger partial charge in [0.25, 0.3) is 0 Å². The van der Waals surface area contributed by atoms with Crippen LogP contribution in [0.2, 0.25) is 0 Å². The Morgan fingerprint density at radius 2 is 2.13 bits per heavy atom. The number of pyridine rings is 1. The molecule has 0 radical (unpaired) electrons. The zero-order valence-corrected chi connectivity index (χ0v) is 8.98. The van der Waals surface area contributed by atoms with E-state index in [1.807, 2.05) is 18.3 Å². The Hall–Kier alpha value is -0.930. The third-order valence-electron chi connectivity index (χ3n) is 2.89. The van der Waals surface area contributed by atoms with E-state index in [1.54, 1.807) is 0 Å². The molecule has 1 aromatic rings. The summed E-state index contributed by atoms with van der Waals surface area (Å²) in [5.74, 6) is 0. The quantitative estimate of drug-likeness (QED) is 0.819. The number of ether oxygens (including phenoxy) is 1. The van der Waals surface area contributed by atoms with Crippen molar-refractivity contribution in [3.63, 3.8) is 0 Å². The molecule has 1 saturated carbocycles. The van der Waals surface area contributed by atoms with E-state index in [1.165, 1.54) is 25.7 Å². The highest BCUT2D eigenvalue weighted by Gasteiger charge is 2.15. The normalized spacial score (nSPS) is 17.1. The molecule has 3 nitrogen and oxygen atoms in total. The lowest BCUT2D eigenvalue weighted by atomic mass is 10.2. The van der Waals surface area contributed by atoms with Crippen LogP contribution < -0.4 is 5.73 Å². The van der Waals surface area contributed by atoms with Gasteiger partial charge in [0.2, 0.25) is 0 Å². The number of hydrogen-bond acceptors (Lipinski definition) is 3. The van der Waals surface area contributed by atoms with Gasteiger partial charge in [-0.1, -0.05) is 18.9 Å². The van der Waals surface area contributed by atoms with E-state index in [9.17, 15) is 0 Å². The van der Waals surface area contributed by atoms with Gasteiger partial charge in [-0.15, -0.1) is 0 Å². The van der Waals surface area contributed by atoms with Crippen molar-refractivity contribution in [2.75, 3.05) is 0 Å². The zero-order chi connectivity index (χ0) is 10.5. The third kappa shape index (κ3) is 3.01. The Balaban J connectivity index is 1.82. The van der Waals surface area contributed by atoms with Crippen molar-refractivity contribution in [1.82, 2.24) is 4.98 Å². The van der Waals surface area contributed by atoms with Gasteiger partial charge in [0.15, 0.2) is 0 Å². The molecule has 1 fully saturated rings. The van der Waals surface area contributed by atoms with E-state index in [0.717, 1.165) is 11.3 Å². The average Bonchev–Trinajstić information content (AvgIpc) is 2.80. The van der Waals surface area contributed by atoms with Crippen molar-refractivity contribution in [2.45, 2.75) is 44.9 Å². The summed E-state index contributed by atoms with van der Waals surface area (Å²) < 4.78 is 5.77. The van der Waals surface area contributed by atoms with Gasteiger partial charge in [-0.05, 0) is 24.5 Å². The highest BCUT2D eigenvalue weighted by Crippen LogP contribution is 2.21. The molecule has 15 heavy (non-hydrogen) atoms. The minimum atomic E-state index is 0.459. The molecular formula is C12H18N2O. The van der Waals surface area contributed by atoms with Crippen molar-refractivity contribution in [2.24, 2.45) is 5.73 Å². The molecule has 1 aromatic heterocycles. The van der Waals surface area contributed by atoms with E-state index in [2.05, 4.69) is 4.98 Å². The van der Waals surface area contributed by atoms with Crippen LogP contribution in [-0.2, 0) is 17.9 Å². The lowest BCUT2D eigenvalue weighted by Gasteiger charge is -2.10. The first kappa shape index (κ1) is 10.6. The number of hydrogen-bond donors (Lipinski definition) is 1. The summed E-state index contributed by atoms with van der Waals surface area (Å²) in [6.07, 6.45) is 7.32. The lowest BCUT2D eigenvalue weighted by Crippen LogP contribution is -2.08. The van der Waals surface area contributed by atoms with E-state index < -0.39 is 0 Å². The first-order valence-electron chi connectivity index (χ1n) is 5.64. The Morgan fingerprint density at radius 3 is 2.73 bits per heavy atom. The highest BCUT2D eigenvalue weighted by molar-refractivity contribution is 5.13. The monoisotopic (exact) mass is 206 g/mol. The maximum absolute atomic E-state index is 5.77. The van der Waals surface area contributed by atoms with Crippen LogP contribution in [-0.4, -0.2) is 11.1 Å². The molecule has 1 aliphatic carbocycles. The van der Waals surface area contributed by atoms with Crippen molar-refractivity contribution < 1.29 is 4.74 Å². The van der Waals surface area contributed by atoms with Crippen LogP contribution in [0.25, 0.3) is 0 Å². The Morgan fingerprint density at radius 1 is 1.33 bits per heavy atom. The van der Waals surface area contributed by atoms with Crippen LogP contribution in [0.3, 0.4) is 0 Å². The van der Waals surface area contributed by atoms with Gasteiger partial charge in [0, 0.05) is 12.7 Å². The fourth-order valence-corrected chi connectivity index (χ4v) is 1.92. The summed E-state index contributed by atoms with van der Waals surface area (Å²) in [5.41, 5.74) is 7.57. The summed E-state index contributed by atoms with van der Waals surface area (Å²) in [7, 11) is 0. The minimum absolute atomic E-state index is 0.459. The van der Waals surface area contributed by atoms with Gasteiger partial charge in [0.1, 0.15) is 0 Å². The van der Waals surface area contributed by atoms with E-state index >= 15 is 0 Å². The van der Waals surface area contributed by atoms with Crippen molar-refractivity contribution in [3.8, 4) is 0 Å². The predicted octanol–water partition coefficient (Wildman–Crippen LogP) is 2.00.